The number of halogens is 1. The lowest BCUT2D eigenvalue weighted by atomic mass is 10.1. The van der Waals surface area contributed by atoms with Crippen LogP contribution in [0.25, 0.3) is 5.69 Å². The van der Waals surface area contributed by atoms with Gasteiger partial charge in [-0.2, -0.15) is 0 Å². The fourth-order valence-electron chi connectivity index (χ4n) is 3.95. The maximum Gasteiger partial charge on any atom is 0.227 e. The van der Waals surface area contributed by atoms with Crippen LogP contribution in [-0.2, 0) is 16.1 Å². The molecule has 1 N–H and O–H groups in total. The van der Waals surface area contributed by atoms with Crippen molar-refractivity contribution in [2.45, 2.75) is 19.9 Å². The van der Waals surface area contributed by atoms with Crippen molar-refractivity contribution in [3.8, 4) is 17.2 Å². The Morgan fingerprint density at radius 3 is 2.67 bits per heavy atom. The molecular formula is C24H25FN4O4. The Balaban J connectivity index is 1.42. The Kier molecular flexibility index (Phi) is 6.30. The Labute approximate surface area is 190 Å². The molecule has 0 aliphatic carbocycles. The lowest BCUT2D eigenvalue weighted by molar-refractivity contribution is -0.126. The predicted octanol–water partition coefficient (Wildman–Crippen LogP) is 3.01. The lowest BCUT2D eigenvalue weighted by Crippen LogP contribution is -2.32. The predicted molar refractivity (Wildman–Crippen MR) is 120 cm³/mol. The van der Waals surface area contributed by atoms with Gasteiger partial charge in [0.15, 0.2) is 0 Å². The van der Waals surface area contributed by atoms with E-state index in [0.717, 1.165) is 0 Å². The van der Waals surface area contributed by atoms with Crippen LogP contribution in [0.5, 0.6) is 11.5 Å². The van der Waals surface area contributed by atoms with E-state index in [2.05, 4.69) is 10.3 Å². The first-order valence-corrected chi connectivity index (χ1v) is 10.5. The third-order valence-electron chi connectivity index (χ3n) is 5.74. The van der Waals surface area contributed by atoms with Gasteiger partial charge in [0.05, 0.1) is 31.5 Å². The Bertz CT molecular complexity index is 1190. The molecule has 3 aromatic rings. The van der Waals surface area contributed by atoms with Gasteiger partial charge in [-0.25, -0.2) is 9.37 Å². The van der Waals surface area contributed by atoms with E-state index in [4.69, 9.17) is 9.47 Å². The van der Waals surface area contributed by atoms with E-state index in [1.165, 1.54) is 18.1 Å². The minimum Gasteiger partial charge on any atom is -0.497 e. The third kappa shape index (κ3) is 4.52. The van der Waals surface area contributed by atoms with Crippen molar-refractivity contribution in [3.63, 3.8) is 0 Å². The molecule has 0 bridgehead atoms. The van der Waals surface area contributed by atoms with E-state index < -0.39 is 11.7 Å². The SMILES string of the molecule is COc1ccc(OC)c(N2CC(C(=O)NCc3ccc(-n4ccnc4C)c(F)c3)CC2=O)c1. The number of nitrogens with zero attached hydrogens (tertiary/aromatic N) is 3. The zero-order chi connectivity index (χ0) is 23.5. The summed E-state index contributed by atoms with van der Waals surface area (Å²) in [6, 6.07) is 9.97. The normalized spacial score (nSPS) is 15.6. The number of nitrogens with one attached hydrogen (secondary N) is 1. The van der Waals surface area contributed by atoms with E-state index in [1.54, 1.807) is 61.3 Å². The van der Waals surface area contributed by atoms with Gasteiger partial charge >= 0.3 is 0 Å². The first kappa shape index (κ1) is 22.3. The molecule has 1 atom stereocenters. The van der Waals surface area contributed by atoms with Gasteiger partial charge < -0.3 is 24.3 Å². The molecule has 1 aliphatic rings. The number of carbonyl (C=O) groups excluding carboxylic acids is 2. The molecule has 9 heteroatoms. The topological polar surface area (TPSA) is 85.7 Å². The van der Waals surface area contributed by atoms with E-state index in [1.807, 2.05) is 0 Å². The fraction of sp³-hybridized carbons (Fsp3) is 0.292. The number of hydrogen-bond donors (Lipinski definition) is 1. The molecule has 1 fully saturated rings. The lowest BCUT2D eigenvalue weighted by Gasteiger charge is -2.20. The van der Waals surface area contributed by atoms with E-state index in [0.29, 0.717) is 34.3 Å². The largest absolute Gasteiger partial charge is 0.497 e. The van der Waals surface area contributed by atoms with Crippen molar-refractivity contribution in [1.82, 2.24) is 14.9 Å². The highest BCUT2D eigenvalue weighted by atomic mass is 19.1. The number of benzene rings is 2. The minimum absolute atomic E-state index is 0.0827. The number of anilines is 1. The standard InChI is InChI=1S/C24H25FN4O4/c1-15-26-8-9-28(15)20-6-4-16(10-19(20)25)13-27-24(31)17-11-23(30)29(14-17)21-12-18(32-2)5-7-22(21)33-3/h4-10,12,17H,11,13-14H2,1-3H3,(H,27,31). The van der Waals surface area contributed by atoms with Crippen molar-refractivity contribution >= 4 is 17.5 Å². The first-order valence-electron chi connectivity index (χ1n) is 10.5. The molecule has 1 saturated heterocycles. The number of aromatic nitrogens is 2. The van der Waals surface area contributed by atoms with Gasteiger partial charge in [0, 0.05) is 38.0 Å². The number of carbonyl (C=O) groups is 2. The molecule has 4 rings (SSSR count). The molecule has 1 aliphatic heterocycles. The quantitative estimate of drug-likeness (QED) is 0.596. The van der Waals surface area contributed by atoms with Crippen LogP contribution >= 0.6 is 0 Å². The summed E-state index contributed by atoms with van der Waals surface area (Å²) >= 11 is 0. The van der Waals surface area contributed by atoms with Gasteiger partial charge in [-0.3, -0.25) is 9.59 Å². The number of imidazole rings is 1. The van der Waals surface area contributed by atoms with Crippen molar-refractivity contribution in [2.24, 2.45) is 5.92 Å². The molecule has 1 unspecified atom stereocenters. The van der Waals surface area contributed by atoms with Crippen LogP contribution in [0.15, 0.2) is 48.8 Å². The molecule has 2 aromatic carbocycles. The highest BCUT2D eigenvalue weighted by molar-refractivity contribution is 6.01. The molecule has 0 saturated carbocycles. The van der Waals surface area contributed by atoms with Gasteiger partial charge in [-0.05, 0) is 36.8 Å². The summed E-state index contributed by atoms with van der Waals surface area (Å²) in [5.41, 5.74) is 1.58. The zero-order valence-electron chi connectivity index (χ0n) is 18.7. The van der Waals surface area contributed by atoms with E-state index in [9.17, 15) is 14.0 Å². The van der Waals surface area contributed by atoms with Gasteiger partial charge in [0.2, 0.25) is 11.8 Å². The number of rotatable bonds is 7. The first-order chi connectivity index (χ1) is 15.9. The second kappa shape index (κ2) is 9.32. The summed E-state index contributed by atoms with van der Waals surface area (Å²) in [5, 5.41) is 2.82. The maximum absolute atomic E-state index is 14.6. The molecule has 33 heavy (non-hydrogen) atoms. The average molecular weight is 452 g/mol. The number of hydrogen-bond acceptors (Lipinski definition) is 5. The third-order valence-corrected chi connectivity index (χ3v) is 5.74. The highest BCUT2D eigenvalue weighted by Gasteiger charge is 2.36. The van der Waals surface area contributed by atoms with Crippen LogP contribution in [0.2, 0.25) is 0 Å². The summed E-state index contributed by atoms with van der Waals surface area (Å²) in [6.45, 7) is 2.17. The molecule has 172 valence electrons. The monoisotopic (exact) mass is 452 g/mol. The number of amides is 2. The summed E-state index contributed by atoms with van der Waals surface area (Å²) < 4.78 is 26.9. The summed E-state index contributed by atoms with van der Waals surface area (Å²) in [6.07, 6.45) is 3.38. The van der Waals surface area contributed by atoms with Crippen LogP contribution < -0.4 is 19.7 Å². The van der Waals surface area contributed by atoms with Crippen molar-refractivity contribution in [2.75, 3.05) is 25.7 Å². The smallest absolute Gasteiger partial charge is 0.227 e. The molecule has 0 radical (unpaired) electrons. The summed E-state index contributed by atoms with van der Waals surface area (Å²) in [5.74, 6) is 0.423. The Hall–Kier alpha value is -3.88. The average Bonchev–Trinajstić information content (AvgIpc) is 3.42. The van der Waals surface area contributed by atoms with Gasteiger partial charge in [-0.15, -0.1) is 0 Å². The van der Waals surface area contributed by atoms with Crippen molar-refractivity contribution < 1.29 is 23.5 Å². The zero-order valence-corrected chi connectivity index (χ0v) is 18.7. The Morgan fingerprint density at radius 2 is 2.00 bits per heavy atom. The minimum atomic E-state index is -0.522. The van der Waals surface area contributed by atoms with Crippen LogP contribution in [-0.4, -0.2) is 42.1 Å². The molecule has 2 amide bonds. The molecule has 1 aromatic heterocycles. The van der Waals surface area contributed by atoms with Gasteiger partial charge in [-0.1, -0.05) is 6.07 Å². The number of methoxy groups -OCH3 is 2. The molecule has 2 heterocycles. The van der Waals surface area contributed by atoms with Crippen molar-refractivity contribution in [3.05, 3.63) is 66.0 Å². The van der Waals surface area contributed by atoms with Crippen LogP contribution in [0, 0.1) is 18.7 Å². The van der Waals surface area contributed by atoms with E-state index >= 15 is 0 Å². The second-order valence-corrected chi connectivity index (χ2v) is 7.79. The van der Waals surface area contributed by atoms with Crippen LogP contribution in [0.4, 0.5) is 10.1 Å². The van der Waals surface area contributed by atoms with Gasteiger partial charge in [0.25, 0.3) is 0 Å². The number of aryl methyl sites for hydroxylation is 1. The summed E-state index contributed by atoms with van der Waals surface area (Å²) in [4.78, 5) is 31.0. The van der Waals surface area contributed by atoms with Gasteiger partial charge in [0.1, 0.15) is 23.1 Å². The van der Waals surface area contributed by atoms with Crippen LogP contribution in [0.3, 0.4) is 0 Å². The Morgan fingerprint density at radius 1 is 1.18 bits per heavy atom. The maximum atomic E-state index is 14.6. The molecular weight excluding hydrogens is 427 g/mol. The highest BCUT2D eigenvalue weighted by Crippen LogP contribution is 2.36. The summed E-state index contributed by atoms with van der Waals surface area (Å²) in [7, 11) is 3.06. The molecule has 8 nitrogen and oxygen atoms in total. The number of ether oxygens (including phenoxy) is 2. The molecule has 0 spiro atoms. The van der Waals surface area contributed by atoms with Crippen molar-refractivity contribution in [1.29, 1.82) is 0 Å². The van der Waals surface area contributed by atoms with Crippen LogP contribution in [0.1, 0.15) is 17.8 Å². The fourth-order valence-corrected chi connectivity index (χ4v) is 3.95. The second-order valence-electron chi connectivity index (χ2n) is 7.79. The van der Waals surface area contributed by atoms with E-state index in [-0.39, 0.29) is 31.3 Å².